The molecule has 0 bridgehead atoms. The molecule has 8 heteroatoms. The van der Waals surface area contributed by atoms with Gasteiger partial charge in [0.15, 0.2) is 5.65 Å². The Labute approximate surface area is 134 Å². The first-order valence-corrected chi connectivity index (χ1v) is 9.26. The lowest BCUT2D eigenvalue weighted by atomic mass is 10.2. The summed E-state index contributed by atoms with van der Waals surface area (Å²) in [4.78, 5) is 6.93. The minimum Gasteiger partial charge on any atom is -0.616 e. The molecule has 1 fully saturated rings. The van der Waals surface area contributed by atoms with E-state index < -0.39 is 11.2 Å². The molecule has 21 heavy (non-hydrogen) atoms. The topological polar surface area (TPSA) is 65.7 Å². The quantitative estimate of drug-likeness (QED) is 0.765. The van der Waals surface area contributed by atoms with Gasteiger partial charge in [0, 0.05) is 12.6 Å². The monoisotopic (exact) mass is 372 g/mol. The average Bonchev–Trinajstić information content (AvgIpc) is 2.81. The Morgan fingerprint density at radius 2 is 2.38 bits per heavy atom. The van der Waals surface area contributed by atoms with Crippen molar-refractivity contribution in [2.24, 2.45) is 0 Å². The number of hydrogen-bond acceptors (Lipinski definition) is 5. The molecule has 2 aromatic heterocycles. The lowest BCUT2D eigenvalue weighted by Crippen LogP contribution is -2.44. The molecule has 0 N–H and O–H groups in total. The van der Waals surface area contributed by atoms with E-state index in [1.165, 1.54) is 0 Å². The van der Waals surface area contributed by atoms with Crippen LogP contribution >= 0.6 is 15.9 Å². The molecule has 1 saturated heterocycles. The van der Waals surface area contributed by atoms with Crippen LogP contribution in [0.25, 0.3) is 5.65 Å². The fraction of sp³-hybridized carbons (Fsp3) is 0.538. The molecule has 0 aromatic carbocycles. The second kappa shape index (κ2) is 6.12. The number of aromatic nitrogens is 3. The summed E-state index contributed by atoms with van der Waals surface area (Å²) in [6, 6.07) is 2.26. The molecule has 2 atom stereocenters. The van der Waals surface area contributed by atoms with Crippen molar-refractivity contribution in [3.8, 4) is 0 Å². The van der Waals surface area contributed by atoms with Crippen LogP contribution in [0.4, 0.5) is 5.82 Å². The van der Waals surface area contributed by atoms with E-state index in [4.69, 9.17) is 9.72 Å². The highest BCUT2D eigenvalue weighted by Gasteiger charge is 2.23. The van der Waals surface area contributed by atoms with Crippen LogP contribution in [-0.2, 0) is 21.7 Å². The van der Waals surface area contributed by atoms with Gasteiger partial charge in [0.05, 0.1) is 41.9 Å². The molecule has 0 saturated carbocycles. The average molecular weight is 373 g/mol. The maximum absolute atomic E-state index is 11.6. The van der Waals surface area contributed by atoms with Gasteiger partial charge in [-0.1, -0.05) is 11.2 Å². The highest BCUT2D eigenvalue weighted by Crippen LogP contribution is 2.24. The van der Waals surface area contributed by atoms with Gasteiger partial charge in [-0.15, -0.1) is 0 Å². The number of hydrogen-bond donors (Lipinski definition) is 0. The lowest BCUT2D eigenvalue weighted by molar-refractivity contribution is 0.0985. The van der Waals surface area contributed by atoms with Gasteiger partial charge in [-0.25, -0.2) is 9.50 Å². The van der Waals surface area contributed by atoms with E-state index >= 15 is 0 Å². The van der Waals surface area contributed by atoms with E-state index in [1.807, 2.05) is 6.07 Å². The summed E-state index contributed by atoms with van der Waals surface area (Å²) in [5, 5.41) is 4.31. The molecule has 3 heterocycles. The van der Waals surface area contributed by atoms with Crippen LogP contribution in [0.3, 0.4) is 0 Å². The molecule has 0 radical (unpaired) electrons. The van der Waals surface area contributed by atoms with Gasteiger partial charge in [0.2, 0.25) is 0 Å². The normalized spacial score (nSPS) is 21.0. The second-order valence-electron chi connectivity index (χ2n) is 5.17. The number of fused-ring (bicyclic) bond motifs is 1. The van der Waals surface area contributed by atoms with Crippen molar-refractivity contribution in [1.29, 1.82) is 0 Å². The van der Waals surface area contributed by atoms with Crippen LogP contribution in [0.15, 0.2) is 16.7 Å². The molecular weight excluding hydrogens is 356 g/mol. The molecule has 6 nitrogen and oxygen atoms in total. The molecule has 1 aliphatic heterocycles. The SMILES string of the molecule is C[C@@H]1COCCN1c1cc(C[S+](C)[O-])n2ncc(Br)c2n1. The van der Waals surface area contributed by atoms with Crippen molar-refractivity contribution < 1.29 is 9.29 Å². The molecule has 1 unspecified atom stereocenters. The highest BCUT2D eigenvalue weighted by atomic mass is 79.9. The van der Waals surface area contributed by atoms with Gasteiger partial charge in [-0.3, -0.25) is 0 Å². The smallest absolute Gasteiger partial charge is 0.172 e. The van der Waals surface area contributed by atoms with Crippen molar-refractivity contribution >= 4 is 38.6 Å². The number of anilines is 1. The third kappa shape index (κ3) is 3.03. The van der Waals surface area contributed by atoms with E-state index in [0.717, 1.165) is 28.2 Å². The Bertz CT molecular complexity index is 648. The van der Waals surface area contributed by atoms with Crippen molar-refractivity contribution in [3.63, 3.8) is 0 Å². The van der Waals surface area contributed by atoms with Gasteiger partial charge >= 0.3 is 0 Å². The molecule has 114 valence electrons. The van der Waals surface area contributed by atoms with Gasteiger partial charge in [0.25, 0.3) is 0 Å². The van der Waals surface area contributed by atoms with Crippen LogP contribution < -0.4 is 4.90 Å². The number of morpholine rings is 1. The first-order chi connectivity index (χ1) is 10.1. The van der Waals surface area contributed by atoms with Crippen LogP contribution in [-0.4, -0.2) is 51.2 Å². The van der Waals surface area contributed by atoms with Crippen LogP contribution in [0.5, 0.6) is 0 Å². The van der Waals surface area contributed by atoms with Gasteiger partial charge in [0.1, 0.15) is 11.6 Å². The second-order valence-corrected chi connectivity index (χ2v) is 7.46. The molecule has 0 spiro atoms. The molecule has 0 amide bonds. The van der Waals surface area contributed by atoms with Crippen LogP contribution in [0, 0.1) is 0 Å². The standard InChI is InChI=1S/C13H17BrN4O2S/c1-9-7-20-4-3-17(9)12-5-10(8-21(2)19)18-13(16-12)11(14)6-15-18/h5-6,9H,3-4,7-8H2,1-2H3/t9-,21?/m1/s1. The summed E-state index contributed by atoms with van der Waals surface area (Å²) in [5.41, 5.74) is 1.66. The maximum Gasteiger partial charge on any atom is 0.172 e. The maximum atomic E-state index is 11.6. The van der Waals surface area contributed by atoms with E-state index in [9.17, 15) is 4.55 Å². The van der Waals surface area contributed by atoms with E-state index in [1.54, 1.807) is 17.0 Å². The van der Waals surface area contributed by atoms with E-state index in [0.29, 0.717) is 19.0 Å². The largest absolute Gasteiger partial charge is 0.616 e. The Hall–Kier alpha value is -0.830. The molecule has 0 aliphatic carbocycles. The Morgan fingerprint density at radius 1 is 1.57 bits per heavy atom. The minimum absolute atomic E-state index is 0.273. The number of nitrogens with zero attached hydrogens (tertiary/aromatic N) is 4. The van der Waals surface area contributed by atoms with Crippen molar-refractivity contribution in [2.45, 2.75) is 18.7 Å². The van der Waals surface area contributed by atoms with Crippen LogP contribution in [0.2, 0.25) is 0 Å². The van der Waals surface area contributed by atoms with Gasteiger partial charge < -0.3 is 14.2 Å². The lowest BCUT2D eigenvalue weighted by Gasteiger charge is -2.34. The number of ether oxygens (including phenoxy) is 1. The van der Waals surface area contributed by atoms with Gasteiger partial charge in [-0.05, 0) is 22.9 Å². The van der Waals surface area contributed by atoms with E-state index in [-0.39, 0.29) is 6.04 Å². The predicted octanol–water partition coefficient (Wildman–Crippen LogP) is 1.60. The summed E-state index contributed by atoms with van der Waals surface area (Å²) < 4.78 is 19.7. The predicted molar refractivity (Wildman–Crippen MR) is 86.1 cm³/mol. The summed E-state index contributed by atoms with van der Waals surface area (Å²) in [6.45, 7) is 4.33. The third-order valence-electron chi connectivity index (χ3n) is 3.50. The minimum atomic E-state index is -0.932. The molecule has 3 rings (SSSR count). The zero-order chi connectivity index (χ0) is 15.0. The first-order valence-electron chi connectivity index (χ1n) is 6.74. The summed E-state index contributed by atoms with van der Waals surface area (Å²) in [5.74, 6) is 1.35. The van der Waals surface area contributed by atoms with Crippen molar-refractivity contribution in [3.05, 3.63) is 22.4 Å². The Kier molecular flexibility index (Phi) is 4.39. The fourth-order valence-electron chi connectivity index (χ4n) is 2.51. The Balaban J connectivity index is 2.07. The van der Waals surface area contributed by atoms with E-state index in [2.05, 4.69) is 32.9 Å². The number of halogens is 1. The fourth-order valence-corrected chi connectivity index (χ4v) is 3.48. The molecule has 1 aliphatic rings. The molecular formula is C13H17BrN4O2S. The zero-order valence-corrected chi connectivity index (χ0v) is 14.4. The highest BCUT2D eigenvalue weighted by molar-refractivity contribution is 9.10. The van der Waals surface area contributed by atoms with Crippen LogP contribution in [0.1, 0.15) is 12.6 Å². The van der Waals surface area contributed by atoms with Crippen molar-refractivity contribution in [1.82, 2.24) is 14.6 Å². The third-order valence-corrected chi connectivity index (χ3v) is 4.76. The summed E-state index contributed by atoms with van der Waals surface area (Å²) in [6.07, 6.45) is 3.42. The summed E-state index contributed by atoms with van der Waals surface area (Å²) in [7, 11) is 0. The first kappa shape index (κ1) is 15.1. The summed E-state index contributed by atoms with van der Waals surface area (Å²) >= 11 is 2.54. The Morgan fingerprint density at radius 3 is 3.10 bits per heavy atom. The zero-order valence-electron chi connectivity index (χ0n) is 12.0. The van der Waals surface area contributed by atoms with Gasteiger partial charge in [-0.2, -0.15) is 5.10 Å². The number of rotatable bonds is 3. The molecule has 2 aromatic rings. The van der Waals surface area contributed by atoms with Crippen molar-refractivity contribution in [2.75, 3.05) is 30.9 Å².